The predicted octanol–water partition coefficient (Wildman–Crippen LogP) is 0.309. The molecular weight excluding hydrogens is 226 g/mol. The van der Waals surface area contributed by atoms with Gasteiger partial charge in [0.1, 0.15) is 5.75 Å². The molecule has 1 fully saturated rings. The number of halogens is 1. The molecular formula is C8H14ClNO3S. The molecule has 1 N–H and O–H groups in total. The van der Waals surface area contributed by atoms with Crippen LogP contribution >= 0.6 is 11.6 Å². The van der Waals surface area contributed by atoms with Crippen LogP contribution in [-0.2, 0) is 14.6 Å². The lowest BCUT2D eigenvalue weighted by Gasteiger charge is -2.40. The minimum absolute atomic E-state index is 0.344. The lowest BCUT2D eigenvalue weighted by molar-refractivity contribution is -0.121. The fourth-order valence-electron chi connectivity index (χ4n) is 1.47. The highest BCUT2D eigenvalue weighted by Crippen LogP contribution is 2.32. The Balaban J connectivity index is 2.48. The minimum Gasteiger partial charge on any atom is -0.349 e. The topological polar surface area (TPSA) is 63.2 Å². The van der Waals surface area contributed by atoms with Crippen LogP contribution in [0.3, 0.4) is 0 Å². The summed E-state index contributed by atoms with van der Waals surface area (Å²) in [5.74, 6) is -0.554. The molecule has 0 heterocycles. The first-order valence-electron chi connectivity index (χ1n) is 4.42. The Labute approximate surface area is 88.9 Å². The third-order valence-corrected chi connectivity index (χ3v) is 3.66. The molecule has 1 aliphatic rings. The lowest BCUT2D eigenvalue weighted by atomic mass is 9.78. The average molecular weight is 240 g/mol. The fourth-order valence-corrected chi connectivity index (χ4v) is 2.35. The summed E-state index contributed by atoms with van der Waals surface area (Å²) >= 11 is 5.71. The van der Waals surface area contributed by atoms with Crippen LogP contribution < -0.4 is 5.32 Å². The van der Waals surface area contributed by atoms with E-state index < -0.39 is 21.5 Å². The van der Waals surface area contributed by atoms with Crippen molar-refractivity contribution in [3.63, 3.8) is 0 Å². The van der Waals surface area contributed by atoms with Gasteiger partial charge in [-0.25, -0.2) is 8.42 Å². The molecule has 6 heteroatoms. The zero-order chi connectivity index (χ0) is 10.8. The quantitative estimate of drug-likeness (QED) is 0.719. The van der Waals surface area contributed by atoms with Crippen LogP contribution in [0.25, 0.3) is 0 Å². The van der Waals surface area contributed by atoms with E-state index in [1.807, 2.05) is 0 Å². The van der Waals surface area contributed by atoms with Gasteiger partial charge in [-0.15, -0.1) is 11.6 Å². The summed E-state index contributed by atoms with van der Waals surface area (Å²) in [4.78, 5) is 11.3. The maximum absolute atomic E-state index is 11.3. The van der Waals surface area contributed by atoms with Gasteiger partial charge in [0.2, 0.25) is 5.91 Å². The van der Waals surface area contributed by atoms with E-state index in [0.29, 0.717) is 5.88 Å². The van der Waals surface area contributed by atoms with E-state index >= 15 is 0 Å². The van der Waals surface area contributed by atoms with Crippen molar-refractivity contribution in [3.05, 3.63) is 0 Å². The molecule has 4 nitrogen and oxygen atoms in total. The van der Waals surface area contributed by atoms with Crippen LogP contribution in [0.4, 0.5) is 0 Å². The van der Waals surface area contributed by atoms with Crippen LogP contribution in [0.2, 0.25) is 0 Å². The van der Waals surface area contributed by atoms with E-state index in [1.54, 1.807) is 0 Å². The molecule has 14 heavy (non-hydrogen) atoms. The molecule has 0 aliphatic heterocycles. The first-order chi connectivity index (χ1) is 6.37. The first-order valence-corrected chi connectivity index (χ1v) is 7.01. The highest BCUT2D eigenvalue weighted by atomic mass is 35.5. The Hall–Kier alpha value is -0.290. The van der Waals surface area contributed by atoms with Crippen LogP contribution in [-0.4, -0.2) is 37.8 Å². The van der Waals surface area contributed by atoms with Gasteiger partial charge < -0.3 is 5.32 Å². The second-order valence-electron chi connectivity index (χ2n) is 3.89. The molecule has 0 aromatic heterocycles. The van der Waals surface area contributed by atoms with Gasteiger partial charge in [-0.2, -0.15) is 0 Å². The number of hydrogen-bond acceptors (Lipinski definition) is 3. The average Bonchev–Trinajstić information content (AvgIpc) is 1.93. The zero-order valence-corrected chi connectivity index (χ0v) is 9.62. The maximum Gasteiger partial charge on any atom is 0.235 e. The van der Waals surface area contributed by atoms with Gasteiger partial charge in [-0.1, -0.05) is 0 Å². The molecule has 0 spiro atoms. The number of carbonyl (C=O) groups excluding carboxylic acids is 1. The SMILES string of the molecule is CS(=O)(=O)CC(=O)NC1(CCl)CCC1. The lowest BCUT2D eigenvalue weighted by Crippen LogP contribution is -2.56. The summed E-state index contributed by atoms with van der Waals surface area (Å²) in [7, 11) is -3.24. The summed E-state index contributed by atoms with van der Waals surface area (Å²) in [6.45, 7) is 0. The second-order valence-corrected chi connectivity index (χ2v) is 6.29. The molecule has 0 bridgehead atoms. The zero-order valence-electron chi connectivity index (χ0n) is 8.05. The summed E-state index contributed by atoms with van der Waals surface area (Å²) in [6, 6.07) is 0. The highest BCUT2D eigenvalue weighted by molar-refractivity contribution is 7.91. The van der Waals surface area contributed by atoms with Crippen molar-refractivity contribution >= 4 is 27.3 Å². The highest BCUT2D eigenvalue weighted by Gasteiger charge is 2.37. The smallest absolute Gasteiger partial charge is 0.235 e. The predicted molar refractivity (Wildman–Crippen MR) is 55.2 cm³/mol. The van der Waals surface area contributed by atoms with Gasteiger partial charge in [-0.3, -0.25) is 4.79 Å². The Morgan fingerprint density at radius 2 is 2.07 bits per heavy atom. The van der Waals surface area contributed by atoms with Gasteiger partial charge in [0.05, 0.1) is 5.54 Å². The van der Waals surface area contributed by atoms with Crippen molar-refractivity contribution in [2.45, 2.75) is 24.8 Å². The van der Waals surface area contributed by atoms with E-state index in [0.717, 1.165) is 25.5 Å². The Bertz CT molecular complexity index is 316. The first kappa shape index (κ1) is 11.8. The third-order valence-electron chi connectivity index (χ3n) is 2.36. The summed E-state index contributed by atoms with van der Waals surface area (Å²) < 4.78 is 21.7. The number of nitrogens with one attached hydrogen (secondary N) is 1. The van der Waals surface area contributed by atoms with E-state index in [4.69, 9.17) is 11.6 Å². The standard InChI is InChI=1S/C8H14ClNO3S/c1-14(12,13)5-7(11)10-8(6-9)3-2-4-8/h2-6H2,1H3,(H,10,11). The number of carbonyl (C=O) groups is 1. The molecule has 0 unspecified atom stereocenters. The monoisotopic (exact) mass is 239 g/mol. The summed E-state index contributed by atoms with van der Waals surface area (Å²) in [5.41, 5.74) is -0.344. The Kier molecular flexibility index (Phi) is 3.42. The van der Waals surface area contributed by atoms with E-state index in [-0.39, 0.29) is 5.54 Å². The van der Waals surface area contributed by atoms with Crippen LogP contribution in [0.15, 0.2) is 0 Å². The largest absolute Gasteiger partial charge is 0.349 e. The van der Waals surface area contributed by atoms with Crippen molar-refractivity contribution < 1.29 is 13.2 Å². The van der Waals surface area contributed by atoms with Gasteiger partial charge in [0.15, 0.2) is 9.84 Å². The van der Waals surface area contributed by atoms with E-state index in [9.17, 15) is 13.2 Å². The van der Waals surface area contributed by atoms with Gasteiger partial charge in [0.25, 0.3) is 0 Å². The number of sulfone groups is 1. The van der Waals surface area contributed by atoms with Crippen molar-refractivity contribution in [2.24, 2.45) is 0 Å². The third kappa shape index (κ3) is 3.13. The van der Waals surface area contributed by atoms with Crippen molar-refractivity contribution in [2.75, 3.05) is 17.9 Å². The molecule has 1 amide bonds. The maximum atomic E-state index is 11.3. The number of hydrogen-bond donors (Lipinski definition) is 1. The summed E-state index contributed by atoms with van der Waals surface area (Å²) in [6.07, 6.45) is 3.75. The van der Waals surface area contributed by atoms with Crippen molar-refractivity contribution in [1.82, 2.24) is 5.32 Å². The molecule has 1 saturated carbocycles. The van der Waals surface area contributed by atoms with Crippen molar-refractivity contribution in [3.8, 4) is 0 Å². The van der Waals surface area contributed by atoms with Crippen LogP contribution in [0.1, 0.15) is 19.3 Å². The molecule has 0 saturated heterocycles. The number of alkyl halides is 1. The van der Waals surface area contributed by atoms with E-state index in [2.05, 4.69) is 5.32 Å². The molecule has 0 aromatic carbocycles. The molecule has 1 aliphatic carbocycles. The van der Waals surface area contributed by atoms with Crippen LogP contribution in [0.5, 0.6) is 0 Å². The number of rotatable bonds is 4. The Morgan fingerprint density at radius 3 is 2.36 bits per heavy atom. The molecule has 1 rings (SSSR count). The van der Waals surface area contributed by atoms with Gasteiger partial charge >= 0.3 is 0 Å². The fraction of sp³-hybridized carbons (Fsp3) is 0.875. The van der Waals surface area contributed by atoms with Crippen molar-refractivity contribution in [1.29, 1.82) is 0 Å². The molecule has 82 valence electrons. The van der Waals surface area contributed by atoms with Gasteiger partial charge in [-0.05, 0) is 19.3 Å². The van der Waals surface area contributed by atoms with E-state index in [1.165, 1.54) is 0 Å². The number of amides is 1. The minimum atomic E-state index is -3.24. The molecule has 0 aromatic rings. The summed E-state index contributed by atoms with van der Waals surface area (Å²) in [5, 5.41) is 2.69. The molecule has 0 radical (unpaired) electrons. The van der Waals surface area contributed by atoms with Crippen LogP contribution in [0, 0.1) is 0 Å². The normalized spacial score (nSPS) is 19.9. The second kappa shape index (κ2) is 4.06. The van der Waals surface area contributed by atoms with Gasteiger partial charge in [0, 0.05) is 12.1 Å². The molecule has 0 atom stereocenters. The Morgan fingerprint density at radius 1 is 1.50 bits per heavy atom.